The van der Waals surface area contributed by atoms with Crippen LogP contribution in [0.1, 0.15) is 0 Å². The van der Waals surface area contributed by atoms with Gasteiger partial charge in [0, 0.05) is 49.6 Å². The summed E-state index contributed by atoms with van der Waals surface area (Å²) in [4.78, 5) is 22.6. The van der Waals surface area contributed by atoms with Crippen LogP contribution in [0.25, 0.3) is 27.2 Å². The third kappa shape index (κ3) is 2.60. The highest BCUT2D eigenvalue weighted by atomic mass is 32.1. The van der Waals surface area contributed by atoms with Crippen molar-refractivity contribution in [2.24, 2.45) is 0 Å². The van der Waals surface area contributed by atoms with Gasteiger partial charge in [-0.15, -0.1) is 11.3 Å². The monoisotopic (exact) mass is 366 g/mol. The summed E-state index contributed by atoms with van der Waals surface area (Å²) in [7, 11) is 2.13. The van der Waals surface area contributed by atoms with E-state index < -0.39 is 0 Å². The van der Waals surface area contributed by atoms with Gasteiger partial charge in [0.15, 0.2) is 10.7 Å². The van der Waals surface area contributed by atoms with Gasteiger partial charge in [-0.2, -0.15) is 0 Å². The van der Waals surface area contributed by atoms with Crippen LogP contribution in [0.4, 0.5) is 5.69 Å². The van der Waals surface area contributed by atoms with Crippen molar-refractivity contribution in [1.82, 2.24) is 14.3 Å². The number of nitrogens with zero attached hydrogens (tertiary/aromatic N) is 4. The molecule has 132 valence electrons. The van der Waals surface area contributed by atoms with Crippen LogP contribution >= 0.6 is 11.3 Å². The fourth-order valence-corrected chi connectivity index (χ4v) is 4.11. The zero-order valence-electron chi connectivity index (χ0n) is 14.4. The molecule has 0 N–H and O–H groups in total. The lowest BCUT2D eigenvalue weighted by molar-refractivity contribution is 0.313. The Morgan fingerprint density at radius 1 is 1.15 bits per heavy atom. The van der Waals surface area contributed by atoms with E-state index in [1.807, 2.05) is 40.4 Å². The van der Waals surface area contributed by atoms with E-state index >= 15 is 0 Å². The molecule has 0 saturated carbocycles. The van der Waals surface area contributed by atoms with Crippen molar-refractivity contribution in [2.45, 2.75) is 0 Å². The fraction of sp³-hybridized carbons (Fsp3) is 0.263. The van der Waals surface area contributed by atoms with Gasteiger partial charge in [0.25, 0.3) is 0 Å². The second-order valence-electron chi connectivity index (χ2n) is 6.68. The average molecular weight is 366 g/mol. The molecule has 0 spiro atoms. The van der Waals surface area contributed by atoms with Crippen LogP contribution in [0, 0.1) is 0 Å². The zero-order valence-corrected chi connectivity index (χ0v) is 15.2. The van der Waals surface area contributed by atoms with E-state index in [0.29, 0.717) is 16.8 Å². The number of fused-ring (bicyclic) bond motifs is 2. The molecule has 0 atom stereocenters. The van der Waals surface area contributed by atoms with Crippen molar-refractivity contribution in [2.75, 3.05) is 38.1 Å². The Morgan fingerprint density at radius 3 is 2.81 bits per heavy atom. The summed E-state index contributed by atoms with van der Waals surface area (Å²) in [6.07, 6.45) is 3.83. The molecular weight excluding hydrogens is 348 g/mol. The standard InChI is InChI=1S/C19H18N4O2S/c1-21-4-6-22(7-5-21)14-3-2-13-10-17(25-18(24)15(13)11-14)16-12-23-8-9-26-19(23)20-16/h2-3,8-12H,4-7H2,1H3. The largest absolute Gasteiger partial charge is 0.421 e. The summed E-state index contributed by atoms with van der Waals surface area (Å²) in [5.41, 5.74) is 1.44. The van der Waals surface area contributed by atoms with Gasteiger partial charge in [-0.1, -0.05) is 6.07 Å². The van der Waals surface area contributed by atoms with Gasteiger partial charge in [0.05, 0.1) is 5.39 Å². The van der Waals surface area contributed by atoms with E-state index in [2.05, 4.69) is 27.9 Å². The maximum atomic E-state index is 12.6. The van der Waals surface area contributed by atoms with Gasteiger partial charge in [-0.25, -0.2) is 9.78 Å². The van der Waals surface area contributed by atoms with Gasteiger partial charge < -0.3 is 14.2 Å². The average Bonchev–Trinajstić information content (AvgIpc) is 3.24. The molecule has 1 aromatic carbocycles. The smallest absolute Gasteiger partial charge is 0.344 e. The first-order chi connectivity index (χ1) is 12.7. The molecule has 0 radical (unpaired) electrons. The van der Waals surface area contributed by atoms with Gasteiger partial charge >= 0.3 is 5.63 Å². The molecule has 0 bridgehead atoms. The minimum Gasteiger partial charge on any atom is -0.421 e. The Kier molecular flexibility index (Phi) is 3.58. The third-order valence-corrected chi connectivity index (χ3v) is 5.73. The molecular formula is C19H18N4O2S. The van der Waals surface area contributed by atoms with Crippen LogP contribution in [-0.4, -0.2) is 47.5 Å². The van der Waals surface area contributed by atoms with E-state index in [1.54, 1.807) is 11.3 Å². The van der Waals surface area contributed by atoms with Crippen LogP contribution in [0.3, 0.4) is 0 Å². The molecule has 4 aromatic rings. The molecule has 6 nitrogen and oxygen atoms in total. The van der Waals surface area contributed by atoms with Crippen molar-refractivity contribution >= 4 is 32.8 Å². The number of likely N-dealkylation sites (N-methyl/N-ethyl adjacent to an activating group) is 1. The number of anilines is 1. The molecule has 26 heavy (non-hydrogen) atoms. The summed E-state index contributed by atoms with van der Waals surface area (Å²) >= 11 is 1.55. The number of imidazole rings is 1. The molecule has 0 unspecified atom stereocenters. The van der Waals surface area contributed by atoms with Crippen LogP contribution in [0.2, 0.25) is 0 Å². The van der Waals surface area contributed by atoms with E-state index in [4.69, 9.17) is 4.42 Å². The third-order valence-electron chi connectivity index (χ3n) is 4.96. The summed E-state index contributed by atoms with van der Waals surface area (Å²) < 4.78 is 7.51. The minimum atomic E-state index is -0.315. The van der Waals surface area contributed by atoms with Crippen molar-refractivity contribution < 1.29 is 4.42 Å². The predicted molar refractivity (Wildman–Crippen MR) is 104 cm³/mol. The summed E-state index contributed by atoms with van der Waals surface area (Å²) in [6, 6.07) is 7.93. The summed E-state index contributed by atoms with van der Waals surface area (Å²) in [5.74, 6) is 0.505. The molecule has 0 aliphatic carbocycles. The van der Waals surface area contributed by atoms with Gasteiger partial charge in [0.1, 0.15) is 5.69 Å². The number of benzene rings is 1. The summed E-state index contributed by atoms with van der Waals surface area (Å²) in [6.45, 7) is 4.00. The van der Waals surface area contributed by atoms with E-state index in [1.165, 1.54) is 0 Å². The second-order valence-corrected chi connectivity index (χ2v) is 7.55. The van der Waals surface area contributed by atoms with E-state index in [9.17, 15) is 4.79 Å². The predicted octanol–water partition coefficient (Wildman–Crippen LogP) is 2.92. The molecule has 1 saturated heterocycles. The molecule has 1 fully saturated rings. The van der Waals surface area contributed by atoms with Crippen LogP contribution in [0.5, 0.6) is 0 Å². The number of piperazine rings is 1. The molecule has 1 aliphatic rings. The number of hydrogen-bond donors (Lipinski definition) is 0. The maximum Gasteiger partial charge on any atom is 0.344 e. The van der Waals surface area contributed by atoms with Gasteiger partial charge in [-0.05, 0) is 30.6 Å². The number of thiazole rings is 1. The number of aromatic nitrogens is 2. The molecule has 7 heteroatoms. The normalized spacial score (nSPS) is 16.0. The lowest BCUT2D eigenvalue weighted by atomic mass is 10.1. The van der Waals surface area contributed by atoms with Crippen LogP contribution in [0.15, 0.2) is 51.3 Å². The first-order valence-electron chi connectivity index (χ1n) is 8.61. The highest BCUT2D eigenvalue weighted by Gasteiger charge is 2.16. The highest BCUT2D eigenvalue weighted by Crippen LogP contribution is 2.26. The first kappa shape index (κ1) is 15.6. The van der Waals surface area contributed by atoms with Crippen molar-refractivity contribution in [3.63, 3.8) is 0 Å². The van der Waals surface area contributed by atoms with Gasteiger partial charge in [-0.3, -0.25) is 4.40 Å². The van der Waals surface area contributed by atoms with Crippen LogP contribution in [-0.2, 0) is 0 Å². The molecule has 3 aromatic heterocycles. The highest BCUT2D eigenvalue weighted by molar-refractivity contribution is 7.15. The number of rotatable bonds is 2. The zero-order chi connectivity index (χ0) is 17.7. The Balaban J connectivity index is 1.55. The SMILES string of the molecule is CN1CCN(c2ccc3cc(-c4cn5ccsc5n4)oc(=O)c3c2)CC1. The lowest BCUT2D eigenvalue weighted by Gasteiger charge is -2.34. The van der Waals surface area contributed by atoms with Crippen molar-refractivity contribution in [1.29, 1.82) is 0 Å². The molecule has 5 rings (SSSR count). The first-order valence-corrected chi connectivity index (χ1v) is 9.49. The second kappa shape index (κ2) is 5.96. The molecule has 4 heterocycles. The Morgan fingerprint density at radius 2 is 2.00 bits per heavy atom. The molecule has 1 aliphatic heterocycles. The van der Waals surface area contributed by atoms with Gasteiger partial charge in [0.2, 0.25) is 0 Å². The van der Waals surface area contributed by atoms with Crippen molar-refractivity contribution in [3.8, 4) is 11.5 Å². The quantitative estimate of drug-likeness (QED) is 0.546. The van der Waals surface area contributed by atoms with Crippen LogP contribution < -0.4 is 10.5 Å². The molecule has 0 amide bonds. The van der Waals surface area contributed by atoms with Crippen molar-refractivity contribution in [3.05, 3.63) is 52.5 Å². The minimum absolute atomic E-state index is 0.315. The fourth-order valence-electron chi connectivity index (χ4n) is 3.41. The topological polar surface area (TPSA) is 54.0 Å². The maximum absolute atomic E-state index is 12.6. The summed E-state index contributed by atoms with van der Waals surface area (Å²) in [5, 5.41) is 3.47. The van der Waals surface area contributed by atoms with E-state index in [0.717, 1.165) is 42.2 Å². The number of hydrogen-bond acceptors (Lipinski definition) is 6. The lowest BCUT2D eigenvalue weighted by Crippen LogP contribution is -2.44. The Labute approximate surface area is 153 Å². The Hall–Kier alpha value is -2.64. The Bertz CT molecular complexity index is 1120. The van der Waals surface area contributed by atoms with E-state index in [-0.39, 0.29) is 5.63 Å².